The van der Waals surface area contributed by atoms with E-state index < -0.39 is 4.92 Å². The Labute approximate surface area is 69.4 Å². The molecule has 0 aliphatic rings. The highest BCUT2D eigenvalue weighted by atomic mass is 16.6. The maximum Gasteiger partial charge on any atom is 0.363 e. The van der Waals surface area contributed by atoms with Crippen molar-refractivity contribution in [3.05, 3.63) is 33.5 Å². The summed E-state index contributed by atoms with van der Waals surface area (Å²) < 4.78 is 0. The van der Waals surface area contributed by atoms with Crippen LogP contribution < -0.4 is 0 Å². The maximum atomic E-state index is 10.2. The van der Waals surface area contributed by atoms with Crippen LogP contribution in [0.2, 0.25) is 0 Å². The number of hydrogen-bond donors (Lipinski definition) is 0. The SMILES string of the molecule is C#Cc1cnc([N+](=O)[O-])cc1C. The number of terminal acetylenes is 1. The highest BCUT2D eigenvalue weighted by Gasteiger charge is 2.08. The molecule has 0 aliphatic heterocycles. The zero-order valence-electron chi connectivity index (χ0n) is 6.44. The lowest BCUT2D eigenvalue weighted by atomic mass is 10.2. The molecule has 0 spiro atoms. The predicted octanol–water partition coefficient (Wildman–Crippen LogP) is 1.28. The predicted molar refractivity (Wildman–Crippen MR) is 43.6 cm³/mol. The normalized spacial score (nSPS) is 9.00. The van der Waals surface area contributed by atoms with Gasteiger partial charge in [-0.05, 0) is 22.4 Å². The first-order valence-electron chi connectivity index (χ1n) is 3.23. The molecule has 1 rings (SSSR count). The van der Waals surface area contributed by atoms with E-state index in [1.165, 1.54) is 12.3 Å². The molecule has 0 saturated heterocycles. The van der Waals surface area contributed by atoms with Crippen molar-refractivity contribution in [2.75, 3.05) is 0 Å². The van der Waals surface area contributed by atoms with Crippen LogP contribution in [0.4, 0.5) is 5.82 Å². The maximum absolute atomic E-state index is 10.2. The summed E-state index contributed by atoms with van der Waals surface area (Å²) in [6.07, 6.45) is 6.44. The molecule has 1 aromatic rings. The molecule has 4 nitrogen and oxygen atoms in total. The first-order valence-corrected chi connectivity index (χ1v) is 3.23. The van der Waals surface area contributed by atoms with Gasteiger partial charge in [-0.25, -0.2) is 0 Å². The molecule has 1 aromatic heterocycles. The Morgan fingerprint density at radius 3 is 2.83 bits per heavy atom. The van der Waals surface area contributed by atoms with Crippen molar-refractivity contribution in [3.63, 3.8) is 0 Å². The van der Waals surface area contributed by atoms with Crippen molar-refractivity contribution >= 4 is 5.82 Å². The fourth-order valence-corrected chi connectivity index (χ4v) is 0.792. The minimum absolute atomic E-state index is 0.175. The molecule has 0 amide bonds. The minimum Gasteiger partial charge on any atom is -0.358 e. The quantitative estimate of drug-likeness (QED) is 0.355. The van der Waals surface area contributed by atoms with E-state index in [0.717, 1.165) is 0 Å². The number of aromatic nitrogens is 1. The monoisotopic (exact) mass is 162 g/mol. The third kappa shape index (κ3) is 1.40. The third-order valence-electron chi connectivity index (χ3n) is 1.44. The Hall–Kier alpha value is -1.89. The molecule has 0 aliphatic carbocycles. The van der Waals surface area contributed by atoms with Crippen LogP contribution in [0.5, 0.6) is 0 Å². The summed E-state index contributed by atoms with van der Waals surface area (Å²) in [4.78, 5) is 13.3. The highest BCUT2D eigenvalue weighted by molar-refractivity contribution is 5.40. The van der Waals surface area contributed by atoms with Gasteiger partial charge in [-0.3, -0.25) is 0 Å². The van der Waals surface area contributed by atoms with E-state index in [1.54, 1.807) is 6.92 Å². The van der Waals surface area contributed by atoms with Crippen LogP contribution in [-0.4, -0.2) is 9.91 Å². The Morgan fingerprint density at radius 1 is 1.75 bits per heavy atom. The Morgan fingerprint density at radius 2 is 2.42 bits per heavy atom. The van der Waals surface area contributed by atoms with Crippen LogP contribution in [0.1, 0.15) is 11.1 Å². The van der Waals surface area contributed by atoms with Gasteiger partial charge in [0.25, 0.3) is 0 Å². The molecule has 1 heterocycles. The summed E-state index contributed by atoms with van der Waals surface area (Å²) in [7, 11) is 0. The summed E-state index contributed by atoms with van der Waals surface area (Å²) in [5.74, 6) is 2.20. The van der Waals surface area contributed by atoms with E-state index in [9.17, 15) is 10.1 Å². The zero-order chi connectivity index (χ0) is 9.14. The van der Waals surface area contributed by atoms with Gasteiger partial charge in [0.2, 0.25) is 0 Å². The van der Waals surface area contributed by atoms with Gasteiger partial charge in [0, 0.05) is 6.07 Å². The van der Waals surface area contributed by atoms with E-state index in [2.05, 4.69) is 10.9 Å². The first-order chi connectivity index (χ1) is 5.65. The molecule has 0 radical (unpaired) electrons. The average Bonchev–Trinajstić information content (AvgIpc) is 2.04. The fourth-order valence-electron chi connectivity index (χ4n) is 0.792. The number of hydrogen-bond acceptors (Lipinski definition) is 3. The summed E-state index contributed by atoms with van der Waals surface area (Å²) in [6, 6.07) is 1.36. The number of pyridine rings is 1. The summed E-state index contributed by atoms with van der Waals surface area (Å²) in [6.45, 7) is 1.71. The van der Waals surface area contributed by atoms with Gasteiger partial charge in [0.05, 0.1) is 5.56 Å². The molecule has 4 heteroatoms. The van der Waals surface area contributed by atoms with Crippen molar-refractivity contribution in [1.82, 2.24) is 4.98 Å². The Balaban J connectivity index is 3.21. The molecule has 0 bridgehead atoms. The lowest BCUT2D eigenvalue weighted by Gasteiger charge is -1.94. The third-order valence-corrected chi connectivity index (χ3v) is 1.44. The topological polar surface area (TPSA) is 56.0 Å². The van der Waals surface area contributed by atoms with Crippen molar-refractivity contribution < 1.29 is 4.92 Å². The van der Waals surface area contributed by atoms with Crippen LogP contribution in [0.25, 0.3) is 0 Å². The minimum atomic E-state index is -0.548. The van der Waals surface area contributed by atoms with Crippen molar-refractivity contribution in [1.29, 1.82) is 0 Å². The molecule has 0 saturated carbocycles. The average molecular weight is 162 g/mol. The number of nitro groups is 1. The molecular weight excluding hydrogens is 156 g/mol. The Bertz CT molecular complexity index is 366. The largest absolute Gasteiger partial charge is 0.363 e. The Kier molecular flexibility index (Phi) is 2.06. The smallest absolute Gasteiger partial charge is 0.358 e. The van der Waals surface area contributed by atoms with Crippen LogP contribution >= 0.6 is 0 Å². The fraction of sp³-hybridized carbons (Fsp3) is 0.125. The van der Waals surface area contributed by atoms with Gasteiger partial charge < -0.3 is 10.1 Å². The van der Waals surface area contributed by atoms with E-state index in [1.807, 2.05) is 0 Å². The summed E-state index contributed by atoms with van der Waals surface area (Å²) in [5.41, 5.74) is 1.28. The molecule has 0 fully saturated rings. The van der Waals surface area contributed by atoms with Gasteiger partial charge in [0.1, 0.15) is 0 Å². The number of rotatable bonds is 1. The van der Waals surface area contributed by atoms with Crippen LogP contribution in [0.3, 0.4) is 0 Å². The molecule has 60 valence electrons. The van der Waals surface area contributed by atoms with Gasteiger partial charge >= 0.3 is 5.82 Å². The van der Waals surface area contributed by atoms with Crippen molar-refractivity contribution in [3.8, 4) is 12.3 Å². The van der Waals surface area contributed by atoms with Gasteiger partial charge in [0.15, 0.2) is 6.20 Å². The van der Waals surface area contributed by atoms with Gasteiger partial charge in [-0.2, -0.15) is 0 Å². The lowest BCUT2D eigenvalue weighted by Crippen LogP contribution is -1.93. The second-order valence-corrected chi connectivity index (χ2v) is 2.26. The van der Waals surface area contributed by atoms with E-state index in [-0.39, 0.29) is 5.82 Å². The highest BCUT2D eigenvalue weighted by Crippen LogP contribution is 2.11. The lowest BCUT2D eigenvalue weighted by molar-refractivity contribution is -0.389. The van der Waals surface area contributed by atoms with E-state index in [0.29, 0.717) is 11.1 Å². The van der Waals surface area contributed by atoms with Crippen LogP contribution in [-0.2, 0) is 0 Å². The molecule has 0 atom stereocenters. The van der Waals surface area contributed by atoms with Crippen molar-refractivity contribution in [2.24, 2.45) is 0 Å². The summed E-state index contributed by atoms with van der Waals surface area (Å²) >= 11 is 0. The molecule has 0 aromatic carbocycles. The van der Waals surface area contributed by atoms with Crippen molar-refractivity contribution in [2.45, 2.75) is 6.92 Å². The van der Waals surface area contributed by atoms with E-state index >= 15 is 0 Å². The molecular formula is C8H6N2O2. The second kappa shape index (κ2) is 3.01. The number of aryl methyl sites for hydroxylation is 1. The van der Waals surface area contributed by atoms with E-state index in [4.69, 9.17) is 6.42 Å². The molecule has 12 heavy (non-hydrogen) atoms. The molecule has 0 unspecified atom stereocenters. The van der Waals surface area contributed by atoms with Crippen LogP contribution in [0.15, 0.2) is 12.3 Å². The second-order valence-electron chi connectivity index (χ2n) is 2.26. The van der Waals surface area contributed by atoms with Crippen LogP contribution in [0, 0.1) is 29.4 Å². The van der Waals surface area contributed by atoms with Gasteiger partial charge in [-0.1, -0.05) is 5.92 Å². The summed E-state index contributed by atoms with van der Waals surface area (Å²) in [5, 5.41) is 10.2. The standard InChI is InChI=1S/C8H6N2O2/c1-3-7-5-9-8(10(11)12)4-6(7)2/h1,4-5H,2H3. The number of nitrogens with zero attached hydrogens (tertiary/aromatic N) is 2. The first kappa shape index (κ1) is 8.21. The van der Waals surface area contributed by atoms with Gasteiger partial charge in [-0.15, -0.1) is 6.42 Å². The zero-order valence-corrected chi connectivity index (χ0v) is 6.44. The molecule has 0 N–H and O–H groups in total.